The first-order valence-electron chi connectivity index (χ1n) is 5.64. The summed E-state index contributed by atoms with van der Waals surface area (Å²) >= 11 is 15.5. The van der Waals surface area contributed by atoms with Crippen LogP contribution >= 0.6 is 39.1 Å². The van der Waals surface area contributed by atoms with Crippen LogP contribution in [0.5, 0.6) is 0 Å². The number of hydrogen-bond donors (Lipinski definition) is 1. The summed E-state index contributed by atoms with van der Waals surface area (Å²) in [5, 5.41) is 4.01. The lowest BCUT2D eigenvalue weighted by atomic mass is 10.1. The Morgan fingerprint density at radius 3 is 2.53 bits per heavy atom. The van der Waals surface area contributed by atoms with Gasteiger partial charge in [-0.3, -0.25) is 0 Å². The molecule has 2 aromatic carbocycles. The smallest absolute Gasteiger partial charge is 0.147 e. The molecule has 1 N–H and O–H groups in total. The highest BCUT2D eigenvalue weighted by atomic mass is 79.9. The minimum absolute atomic E-state index is 0.157. The van der Waals surface area contributed by atoms with Gasteiger partial charge in [-0.05, 0) is 36.8 Å². The average Bonchev–Trinajstić information content (AvgIpc) is 2.33. The summed E-state index contributed by atoms with van der Waals surface area (Å²) in [4.78, 5) is 0. The summed E-state index contributed by atoms with van der Waals surface area (Å²) < 4.78 is 14.6. The molecule has 0 spiro atoms. The van der Waals surface area contributed by atoms with Crippen molar-refractivity contribution in [3.8, 4) is 0 Å². The maximum atomic E-state index is 13.7. The highest BCUT2D eigenvalue weighted by Gasteiger charge is 2.14. The molecule has 0 aromatic heterocycles. The number of benzene rings is 2. The number of nitrogens with one attached hydrogen (secondary N) is 1. The number of hydrogen-bond acceptors (Lipinski definition) is 1. The molecule has 0 heterocycles. The Morgan fingerprint density at radius 2 is 1.89 bits per heavy atom. The molecule has 1 atom stereocenters. The van der Waals surface area contributed by atoms with E-state index >= 15 is 0 Å². The Labute approximate surface area is 129 Å². The molecular formula is C14H11BrCl2FN. The minimum atomic E-state index is -0.382. The summed E-state index contributed by atoms with van der Waals surface area (Å²) in [6.45, 7) is 1.90. The molecule has 2 rings (SSSR count). The van der Waals surface area contributed by atoms with Gasteiger partial charge < -0.3 is 5.32 Å². The molecule has 1 nitrogen and oxygen atoms in total. The van der Waals surface area contributed by atoms with E-state index in [2.05, 4.69) is 21.2 Å². The SMILES string of the molecule is CC(Nc1c(F)cccc1Cl)c1ccc(Br)cc1Cl. The monoisotopic (exact) mass is 361 g/mol. The normalized spacial score (nSPS) is 12.3. The second-order valence-electron chi connectivity index (χ2n) is 4.13. The summed E-state index contributed by atoms with van der Waals surface area (Å²) in [5.74, 6) is -0.382. The third-order valence-electron chi connectivity index (χ3n) is 2.75. The lowest BCUT2D eigenvalue weighted by Crippen LogP contribution is -2.09. The van der Waals surface area contributed by atoms with Crippen LogP contribution in [0, 0.1) is 5.82 Å². The molecule has 0 radical (unpaired) electrons. The van der Waals surface area contributed by atoms with Crippen molar-refractivity contribution < 1.29 is 4.39 Å². The van der Waals surface area contributed by atoms with E-state index in [1.54, 1.807) is 18.2 Å². The fraction of sp³-hybridized carbons (Fsp3) is 0.143. The average molecular weight is 363 g/mol. The van der Waals surface area contributed by atoms with E-state index in [0.29, 0.717) is 10.0 Å². The Hall–Kier alpha value is -0.770. The molecule has 0 aliphatic carbocycles. The summed E-state index contributed by atoms with van der Waals surface area (Å²) in [5.41, 5.74) is 1.17. The lowest BCUT2D eigenvalue weighted by Gasteiger charge is -2.18. The maximum Gasteiger partial charge on any atom is 0.147 e. The van der Waals surface area contributed by atoms with E-state index in [0.717, 1.165) is 10.0 Å². The predicted molar refractivity (Wildman–Crippen MR) is 82.6 cm³/mol. The zero-order valence-electron chi connectivity index (χ0n) is 10.1. The van der Waals surface area contributed by atoms with Crippen LogP contribution in [0.15, 0.2) is 40.9 Å². The van der Waals surface area contributed by atoms with Gasteiger partial charge in [-0.15, -0.1) is 0 Å². The van der Waals surface area contributed by atoms with Crippen molar-refractivity contribution in [2.24, 2.45) is 0 Å². The van der Waals surface area contributed by atoms with Gasteiger partial charge in [-0.25, -0.2) is 4.39 Å². The maximum absolute atomic E-state index is 13.7. The zero-order valence-corrected chi connectivity index (χ0v) is 13.2. The van der Waals surface area contributed by atoms with Crippen LogP contribution in [0.3, 0.4) is 0 Å². The van der Waals surface area contributed by atoms with Crippen LogP contribution < -0.4 is 5.32 Å². The lowest BCUT2D eigenvalue weighted by molar-refractivity contribution is 0.627. The van der Waals surface area contributed by atoms with E-state index in [9.17, 15) is 4.39 Å². The van der Waals surface area contributed by atoms with Gasteiger partial charge in [0, 0.05) is 9.50 Å². The Kier molecular flexibility index (Phi) is 4.71. The van der Waals surface area contributed by atoms with Gasteiger partial charge in [0.15, 0.2) is 0 Å². The van der Waals surface area contributed by atoms with Gasteiger partial charge in [0.1, 0.15) is 5.82 Å². The van der Waals surface area contributed by atoms with Crippen molar-refractivity contribution >= 4 is 44.8 Å². The van der Waals surface area contributed by atoms with Crippen LogP contribution in [-0.4, -0.2) is 0 Å². The third kappa shape index (κ3) is 3.41. The first kappa shape index (κ1) is 14.6. The molecule has 100 valence electrons. The largest absolute Gasteiger partial charge is 0.375 e. The van der Waals surface area contributed by atoms with Gasteiger partial charge in [-0.1, -0.05) is 51.3 Å². The topological polar surface area (TPSA) is 12.0 Å². The molecule has 1 unspecified atom stereocenters. The fourth-order valence-electron chi connectivity index (χ4n) is 1.78. The molecule has 0 aliphatic heterocycles. The molecule has 0 saturated heterocycles. The van der Waals surface area contributed by atoms with E-state index in [-0.39, 0.29) is 17.5 Å². The Morgan fingerprint density at radius 1 is 1.16 bits per heavy atom. The molecule has 0 amide bonds. The highest BCUT2D eigenvalue weighted by molar-refractivity contribution is 9.10. The molecular weight excluding hydrogens is 352 g/mol. The van der Waals surface area contributed by atoms with Crippen LogP contribution in [0.4, 0.5) is 10.1 Å². The van der Waals surface area contributed by atoms with Gasteiger partial charge in [0.25, 0.3) is 0 Å². The summed E-state index contributed by atoms with van der Waals surface area (Å²) in [7, 11) is 0. The second kappa shape index (κ2) is 6.12. The van der Waals surface area contributed by atoms with E-state index < -0.39 is 0 Å². The van der Waals surface area contributed by atoms with Crippen LogP contribution in [0.2, 0.25) is 10.0 Å². The standard InChI is InChI=1S/C14H11BrCl2FN/c1-8(10-6-5-9(15)7-12(10)17)19-14-11(16)3-2-4-13(14)18/h2-8,19H,1H3. The molecule has 0 bridgehead atoms. The predicted octanol–water partition coefficient (Wildman–Crippen LogP) is 6.07. The van der Waals surface area contributed by atoms with Crippen molar-refractivity contribution in [1.29, 1.82) is 0 Å². The van der Waals surface area contributed by atoms with Crippen molar-refractivity contribution in [2.45, 2.75) is 13.0 Å². The van der Waals surface area contributed by atoms with Crippen molar-refractivity contribution in [1.82, 2.24) is 0 Å². The summed E-state index contributed by atoms with van der Waals surface area (Å²) in [6, 6.07) is 10.0. The molecule has 0 fully saturated rings. The number of rotatable bonds is 3. The van der Waals surface area contributed by atoms with Crippen LogP contribution in [0.1, 0.15) is 18.5 Å². The van der Waals surface area contributed by atoms with Crippen LogP contribution in [-0.2, 0) is 0 Å². The quantitative estimate of drug-likeness (QED) is 0.698. The Bertz CT molecular complexity index is 584. The van der Waals surface area contributed by atoms with Gasteiger partial charge in [0.05, 0.1) is 16.8 Å². The van der Waals surface area contributed by atoms with E-state index in [4.69, 9.17) is 23.2 Å². The second-order valence-corrected chi connectivity index (χ2v) is 5.86. The van der Waals surface area contributed by atoms with E-state index in [1.807, 2.05) is 19.1 Å². The van der Waals surface area contributed by atoms with Crippen LogP contribution in [0.25, 0.3) is 0 Å². The van der Waals surface area contributed by atoms with Crippen molar-refractivity contribution in [3.05, 3.63) is 62.3 Å². The first-order chi connectivity index (χ1) is 8.99. The molecule has 2 aromatic rings. The van der Waals surface area contributed by atoms with Crippen molar-refractivity contribution in [3.63, 3.8) is 0 Å². The highest BCUT2D eigenvalue weighted by Crippen LogP contribution is 2.32. The first-order valence-corrected chi connectivity index (χ1v) is 7.19. The molecule has 0 aliphatic rings. The fourth-order valence-corrected chi connectivity index (χ4v) is 2.84. The zero-order chi connectivity index (χ0) is 14.0. The number of halogens is 4. The minimum Gasteiger partial charge on any atom is -0.375 e. The molecule has 5 heteroatoms. The van der Waals surface area contributed by atoms with Gasteiger partial charge >= 0.3 is 0 Å². The Balaban J connectivity index is 2.28. The van der Waals surface area contributed by atoms with Gasteiger partial charge in [0.2, 0.25) is 0 Å². The van der Waals surface area contributed by atoms with E-state index in [1.165, 1.54) is 6.07 Å². The number of anilines is 1. The molecule has 19 heavy (non-hydrogen) atoms. The third-order valence-corrected chi connectivity index (χ3v) is 3.89. The van der Waals surface area contributed by atoms with Gasteiger partial charge in [-0.2, -0.15) is 0 Å². The molecule has 0 saturated carbocycles. The number of para-hydroxylation sites is 1. The summed E-state index contributed by atoms with van der Waals surface area (Å²) in [6.07, 6.45) is 0. The van der Waals surface area contributed by atoms with Crippen molar-refractivity contribution in [2.75, 3.05) is 5.32 Å².